The van der Waals surface area contributed by atoms with E-state index in [4.69, 9.17) is 9.47 Å². The Morgan fingerprint density at radius 2 is 1.75 bits per heavy atom. The minimum Gasteiger partial charge on any atom is -0.486 e. The number of rotatable bonds is 4. The normalized spacial score (nSPS) is 13.4. The molecule has 1 heterocycles. The van der Waals surface area contributed by atoms with E-state index in [0.717, 1.165) is 18.2 Å². The van der Waals surface area contributed by atoms with Crippen LogP contribution in [0.2, 0.25) is 0 Å². The van der Waals surface area contributed by atoms with Gasteiger partial charge in [0.25, 0.3) is 10.0 Å². The van der Waals surface area contributed by atoms with Crippen molar-refractivity contribution in [2.45, 2.75) is 4.90 Å². The maximum absolute atomic E-state index is 13.7. The summed E-state index contributed by atoms with van der Waals surface area (Å²) in [5, 5.41) is 9.28. The zero-order chi connectivity index (χ0) is 17.3. The quantitative estimate of drug-likeness (QED) is 0.873. The first-order valence-corrected chi connectivity index (χ1v) is 8.31. The molecule has 24 heavy (non-hydrogen) atoms. The van der Waals surface area contributed by atoms with Crippen molar-refractivity contribution in [3.05, 3.63) is 47.8 Å². The molecule has 0 fully saturated rings. The predicted molar refractivity (Wildman–Crippen MR) is 81.6 cm³/mol. The number of fused-ring (bicyclic) bond motifs is 1. The maximum atomic E-state index is 13.7. The zero-order valence-electron chi connectivity index (χ0n) is 12.2. The van der Waals surface area contributed by atoms with Crippen molar-refractivity contribution >= 4 is 21.7 Å². The number of halogens is 1. The van der Waals surface area contributed by atoms with Crippen LogP contribution < -0.4 is 14.2 Å². The second-order valence-electron chi connectivity index (χ2n) is 4.88. The van der Waals surface area contributed by atoms with Crippen LogP contribution in [0, 0.1) is 5.82 Å². The molecular weight excluding hydrogens is 341 g/mol. The average Bonchev–Trinajstić information content (AvgIpc) is 2.54. The Labute approximate surface area is 136 Å². The zero-order valence-corrected chi connectivity index (χ0v) is 13.0. The lowest BCUT2D eigenvalue weighted by atomic mass is 10.1. The second-order valence-corrected chi connectivity index (χ2v) is 6.53. The SMILES string of the molecule is O=C(O)c1cc2c(cc1NS(=O)(=O)c1ccccc1F)OCCO2. The topological polar surface area (TPSA) is 102 Å². The Bertz CT molecular complexity index is 912. The summed E-state index contributed by atoms with van der Waals surface area (Å²) in [6.45, 7) is 0.505. The molecular formula is C15H12FNO6S. The Kier molecular flexibility index (Phi) is 4.02. The molecule has 9 heteroatoms. The minimum atomic E-state index is -4.31. The first-order valence-electron chi connectivity index (χ1n) is 6.83. The highest BCUT2D eigenvalue weighted by atomic mass is 32.2. The highest BCUT2D eigenvalue weighted by molar-refractivity contribution is 7.92. The molecule has 2 aromatic rings. The number of ether oxygens (including phenoxy) is 2. The first-order chi connectivity index (χ1) is 11.4. The van der Waals surface area contributed by atoms with Crippen molar-refractivity contribution < 1.29 is 32.2 Å². The summed E-state index contributed by atoms with van der Waals surface area (Å²) in [6, 6.07) is 7.15. The summed E-state index contributed by atoms with van der Waals surface area (Å²) in [6.07, 6.45) is 0. The molecule has 0 radical (unpaired) electrons. The molecule has 0 spiro atoms. The number of carbonyl (C=O) groups is 1. The molecule has 2 aromatic carbocycles. The van der Waals surface area contributed by atoms with Gasteiger partial charge in [-0.2, -0.15) is 0 Å². The van der Waals surface area contributed by atoms with E-state index in [0.29, 0.717) is 0 Å². The average molecular weight is 353 g/mol. The molecule has 0 saturated heterocycles. The summed E-state index contributed by atoms with van der Waals surface area (Å²) >= 11 is 0. The highest BCUT2D eigenvalue weighted by Gasteiger charge is 2.24. The van der Waals surface area contributed by atoms with Crippen LogP contribution in [0.5, 0.6) is 11.5 Å². The number of hydrogen-bond acceptors (Lipinski definition) is 5. The van der Waals surface area contributed by atoms with E-state index < -0.39 is 26.7 Å². The van der Waals surface area contributed by atoms with E-state index in [-0.39, 0.29) is 36.0 Å². The number of carboxylic acid groups (broad SMARTS) is 1. The Morgan fingerprint density at radius 3 is 2.38 bits per heavy atom. The third-order valence-electron chi connectivity index (χ3n) is 3.28. The maximum Gasteiger partial charge on any atom is 0.337 e. The molecule has 126 valence electrons. The Morgan fingerprint density at radius 1 is 1.12 bits per heavy atom. The Balaban J connectivity index is 2.06. The van der Waals surface area contributed by atoms with Gasteiger partial charge in [-0.25, -0.2) is 17.6 Å². The molecule has 0 atom stereocenters. The van der Waals surface area contributed by atoms with Crippen LogP contribution in [-0.2, 0) is 10.0 Å². The molecule has 0 saturated carbocycles. The summed E-state index contributed by atoms with van der Waals surface area (Å²) in [5.74, 6) is -1.90. The lowest BCUT2D eigenvalue weighted by Gasteiger charge is -2.20. The van der Waals surface area contributed by atoms with Crippen molar-refractivity contribution in [3.63, 3.8) is 0 Å². The lowest BCUT2D eigenvalue weighted by Crippen LogP contribution is -2.19. The standard InChI is InChI=1S/C15H12FNO6S/c16-10-3-1-2-4-14(10)24(20,21)17-11-8-13-12(22-5-6-23-13)7-9(11)15(18)19/h1-4,7-8,17H,5-6H2,(H,18,19). The molecule has 0 bridgehead atoms. The van der Waals surface area contributed by atoms with Gasteiger partial charge in [0.05, 0.1) is 11.3 Å². The second kappa shape index (κ2) is 6.00. The molecule has 0 amide bonds. The predicted octanol–water partition coefficient (Wildman–Crippen LogP) is 2.10. The third-order valence-corrected chi connectivity index (χ3v) is 4.68. The van der Waals surface area contributed by atoms with Crippen LogP contribution in [0.25, 0.3) is 0 Å². The van der Waals surface area contributed by atoms with Gasteiger partial charge in [-0.1, -0.05) is 12.1 Å². The summed E-state index contributed by atoms with van der Waals surface area (Å²) < 4.78 is 51.1. The van der Waals surface area contributed by atoms with Gasteiger partial charge in [0.15, 0.2) is 11.5 Å². The summed E-state index contributed by atoms with van der Waals surface area (Å²) in [7, 11) is -4.31. The van der Waals surface area contributed by atoms with Gasteiger partial charge in [0.1, 0.15) is 23.9 Å². The fraction of sp³-hybridized carbons (Fsp3) is 0.133. The minimum absolute atomic E-state index is 0.201. The van der Waals surface area contributed by atoms with E-state index in [9.17, 15) is 22.7 Å². The van der Waals surface area contributed by atoms with Gasteiger partial charge in [-0.15, -0.1) is 0 Å². The highest BCUT2D eigenvalue weighted by Crippen LogP contribution is 2.36. The fourth-order valence-corrected chi connectivity index (χ4v) is 3.36. The van der Waals surface area contributed by atoms with Crippen LogP contribution in [-0.4, -0.2) is 32.7 Å². The summed E-state index contributed by atoms with van der Waals surface area (Å²) in [4.78, 5) is 10.8. The van der Waals surface area contributed by atoms with Crippen LogP contribution in [0.15, 0.2) is 41.3 Å². The van der Waals surface area contributed by atoms with Crippen molar-refractivity contribution in [1.29, 1.82) is 0 Å². The first kappa shape index (κ1) is 16.1. The van der Waals surface area contributed by atoms with E-state index in [1.165, 1.54) is 18.2 Å². The number of carboxylic acids is 1. The van der Waals surface area contributed by atoms with E-state index >= 15 is 0 Å². The molecule has 3 rings (SSSR count). The van der Waals surface area contributed by atoms with Gasteiger partial charge in [-0.3, -0.25) is 4.72 Å². The van der Waals surface area contributed by atoms with E-state index in [1.807, 2.05) is 0 Å². The molecule has 0 unspecified atom stereocenters. The molecule has 1 aliphatic rings. The van der Waals surface area contributed by atoms with Crippen LogP contribution >= 0.6 is 0 Å². The van der Waals surface area contributed by atoms with Crippen LogP contribution in [0.3, 0.4) is 0 Å². The van der Waals surface area contributed by atoms with Crippen molar-refractivity contribution in [2.24, 2.45) is 0 Å². The smallest absolute Gasteiger partial charge is 0.337 e. The third kappa shape index (κ3) is 2.98. The number of anilines is 1. The number of benzene rings is 2. The van der Waals surface area contributed by atoms with Gasteiger partial charge < -0.3 is 14.6 Å². The van der Waals surface area contributed by atoms with Crippen molar-refractivity contribution in [3.8, 4) is 11.5 Å². The van der Waals surface area contributed by atoms with Gasteiger partial charge in [0.2, 0.25) is 0 Å². The molecule has 2 N–H and O–H groups in total. The molecule has 0 aromatic heterocycles. The van der Waals surface area contributed by atoms with Crippen molar-refractivity contribution in [2.75, 3.05) is 17.9 Å². The number of nitrogens with one attached hydrogen (secondary N) is 1. The lowest BCUT2D eigenvalue weighted by molar-refractivity contribution is 0.0697. The molecule has 7 nitrogen and oxygen atoms in total. The van der Waals surface area contributed by atoms with Crippen LogP contribution in [0.4, 0.5) is 10.1 Å². The van der Waals surface area contributed by atoms with Gasteiger partial charge >= 0.3 is 5.97 Å². The molecule has 0 aliphatic carbocycles. The van der Waals surface area contributed by atoms with E-state index in [1.54, 1.807) is 0 Å². The molecule has 1 aliphatic heterocycles. The number of aromatic carboxylic acids is 1. The number of hydrogen-bond donors (Lipinski definition) is 2. The summed E-state index contributed by atoms with van der Waals surface area (Å²) in [5.41, 5.74) is -0.575. The van der Waals surface area contributed by atoms with Gasteiger partial charge in [-0.05, 0) is 12.1 Å². The Hall–Kier alpha value is -2.81. The van der Waals surface area contributed by atoms with Crippen LogP contribution in [0.1, 0.15) is 10.4 Å². The number of sulfonamides is 1. The monoisotopic (exact) mass is 353 g/mol. The fourth-order valence-electron chi connectivity index (χ4n) is 2.21. The van der Waals surface area contributed by atoms with Gasteiger partial charge in [0, 0.05) is 12.1 Å². The van der Waals surface area contributed by atoms with E-state index in [2.05, 4.69) is 4.72 Å². The van der Waals surface area contributed by atoms with Crippen molar-refractivity contribution in [1.82, 2.24) is 0 Å². The largest absolute Gasteiger partial charge is 0.486 e.